The minimum absolute atomic E-state index is 0.0454. The van der Waals surface area contributed by atoms with Crippen LogP contribution >= 0.6 is 0 Å². The van der Waals surface area contributed by atoms with Crippen LogP contribution in [0.15, 0.2) is 39.9 Å². The van der Waals surface area contributed by atoms with Crippen LogP contribution in [-0.4, -0.2) is 24.6 Å². The van der Waals surface area contributed by atoms with Gasteiger partial charge in [-0.15, -0.1) is 0 Å². The summed E-state index contributed by atoms with van der Waals surface area (Å²) in [6.45, 7) is 10.2. The number of rotatable bonds is 6. The second-order valence-corrected chi connectivity index (χ2v) is 6.77. The van der Waals surface area contributed by atoms with Gasteiger partial charge < -0.3 is 19.8 Å². The molecule has 0 aliphatic rings. The molecule has 0 unspecified atom stereocenters. The standard InChI is InChI=1S/C19H28N4O2/c1-6-20-18(22-11-14-8-7-9-15(10-14)24-5)23-13-17-21-12-16(25-17)19(2,3)4/h7-10,12H,6,11,13H2,1-5H3,(H2,20,22,23). The molecule has 0 saturated carbocycles. The number of benzene rings is 1. The molecule has 0 aliphatic carbocycles. The summed E-state index contributed by atoms with van der Waals surface area (Å²) in [5.41, 5.74) is 1.04. The van der Waals surface area contributed by atoms with E-state index in [1.165, 1.54) is 0 Å². The maximum absolute atomic E-state index is 5.80. The van der Waals surface area contributed by atoms with Crippen LogP contribution in [0.3, 0.4) is 0 Å². The third-order valence-corrected chi connectivity index (χ3v) is 3.60. The van der Waals surface area contributed by atoms with Crippen LogP contribution in [0.4, 0.5) is 0 Å². The zero-order valence-electron chi connectivity index (χ0n) is 15.7. The number of hydrogen-bond acceptors (Lipinski definition) is 4. The first-order valence-corrected chi connectivity index (χ1v) is 8.52. The van der Waals surface area contributed by atoms with Crippen molar-refractivity contribution in [2.75, 3.05) is 13.7 Å². The first kappa shape index (κ1) is 18.8. The van der Waals surface area contributed by atoms with Gasteiger partial charge in [0.05, 0.1) is 26.4 Å². The van der Waals surface area contributed by atoms with Crippen molar-refractivity contribution in [1.82, 2.24) is 15.6 Å². The number of aliphatic imine (C=N–C) groups is 1. The van der Waals surface area contributed by atoms with Crippen molar-refractivity contribution < 1.29 is 9.15 Å². The van der Waals surface area contributed by atoms with Crippen molar-refractivity contribution in [2.24, 2.45) is 4.99 Å². The zero-order chi connectivity index (χ0) is 18.3. The fraction of sp³-hybridized carbons (Fsp3) is 0.474. The molecule has 136 valence electrons. The smallest absolute Gasteiger partial charge is 0.213 e. The number of ether oxygens (including phenoxy) is 1. The highest BCUT2D eigenvalue weighted by atomic mass is 16.5. The van der Waals surface area contributed by atoms with Crippen LogP contribution in [0, 0.1) is 0 Å². The van der Waals surface area contributed by atoms with E-state index in [0.717, 1.165) is 29.6 Å². The van der Waals surface area contributed by atoms with Crippen molar-refractivity contribution in [3.63, 3.8) is 0 Å². The molecular weight excluding hydrogens is 316 g/mol. The molecule has 0 amide bonds. The Kier molecular flexibility index (Phi) is 6.44. The molecular formula is C19H28N4O2. The van der Waals surface area contributed by atoms with E-state index in [1.54, 1.807) is 13.3 Å². The summed E-state index contributed by atoms with van der Waals surface area (Å²) in [5, 5.41) is 6.48. The molecule has 0 saturated heterocycles. The highest BCUT2D eigenvalue weighted by molar-refractivity contribution is 5.79. The summed E-state index contributed by atoms with van der Waals surface area (Å²) in [6, 6.07) is 7.90. The van der Waals surface area contributed by atoms with Gasteiger partial charge in [0, 0.05) is 12.0 Å². The van der Waals surface area contributed by atoms with E-state index in [1.807, 2.05) is 31.2 Å². The summed E-state index contributed by atoms with van der Waals surface area (Å²) in [4.78, 5) is 8.93. The van der Waals surface area contributed by atoms with Crippen LogP contribution < -0.4 is 15.4 Å². The molecule has 0 spiro atoms. The Balaban J connectivity index is 1.98. The molecule has 0 radical (unpaired) electrons. The average molecular weight is 344 g/mol. The molecule has 2 N–H and O–H groups in total. The normalized spacial score (nSPS) is 12.1. The van der Waals surface area contributed by atoms with E-state index < -0.39 is 0 Å². The van der Waals surface area contributed by atoms with Gasteiger partial charge >= 0.3 is 0 Å². The lowest BCUT2D eigenvalue weighted by Gasteiger charge is -2.13. The Bertz CT molecular complexity index is 701. The lowest BCUT2D eigenvalue weighted by molar-refractivity contribution is 0.379. The molecule has 1 heterocycles. The van der Waals surface area contributed by atoms with Gasteiger partial charge in [-0.1, -0.05) is 32.9 Å². The third kappa shape index (κ3) is 5.81. The monoisotopic (exact) mass is 344 g/mol. The van der Waals surface area contributed by atoms with E-state index in [-0.39, 0.29) is 5.41 Å². The average Bonchev–Trinajstić information content (AvgIpc) is 3.07. The van der Waals surface area contributed by atoms with Gasteiger partial charge in [0.2, 0.25) is 5.89 Å². The molecule has 6 heteroatoms. The molecule has 1 aromatic heterocycles. The number of aromatic nitrogens is 1. The van der Waals surface area contributed by atoms with E-state index in [9.17, 15) is 0 Å². The quantitative estimate of drug-likeness (QED) is 0.622. The lowest BCUT2D eigenvalue weighted by atomic mass is 9.94. The third-order valence-electron chi connectivity index (χ3n) is 3.60. The summed E-state index contributed by atoms with van der Waals surface area (Å²) < 4.78 is 11.0. The van der Waals surface area contributed by atoms with Crippen molar-refractivity contribution >= 4 is 5.96 Å². The van der Waals surface area contributed by atoms with Gasteiger partial charge in [0.25, 0.3) is 0 Å². The Labute approximate surface area is 149 Å². The van der Waals surface area contributed by atoms with Crippen molar-refractivity contribution in [2.45, 2.75) is 46.2 Å². The van der Waals surface area contributed by atoms with Crippen LogP contribution in [0.2, 0.25) is 0 Å². The number of methoxy groups -OCH3 is 1. The predicted molar refractivity (Wildman–Crippen MR) is 99.9 cm³/mol. The van der Waals surface area contributed by atoms with Gasteiger partial charge in [-0.3, -0.25) is 0 Å². The molecule has 25 heavy (non-hydrogen) atoms. The minimum atomic E-state index is -0.0454. The highest BCUT2D eigenvalue weighted by Crippen LogP contribution is 2.22. The number of guanidine groups is 1. The molecule has 0 bridgehead atoms. The van der Waals surface area contributed by atoms with Crippen LogP contribution in [-0.2, 0) is 18.5 Å². The molecule has 6 nitrogen and oxygen atoms in total. The van der Waals surface area contributed by atoms with Crippen molar-refractivity contribution in [3.05, 3.63) is 47.7 Å². The SMILES string of the molecule is CCNC(=NCc1cccc(OC)c1)NCc1ncc(C(C)(C)C)o1. The predicted octanol–water partition coefficient (Wildman–Crippen LogP) is 3.24. The second-order valence-electron chi connectivity index (χ2n) is 6.77. The Hall–Kier alpha value is -2.50. The van der Waals surface area contributed by atoms with Gasteiger partial charge in [0.1, 0.15) is 11.5 Å². The lowest BCUT2D eigenvalue weighted by Crippen LogP contribution is -2.36. The molecule has 1 aromatic carbocycles. The maximum Gasteiger partial charge on any atom is 0.213 e. The number of nitrogens with zero attached hydrogens (tertiary/aromatic N) is 2. The Morgan fingerprint density at radius 3 is 2.72 bits per heavy atom. The summed E-state index contributed by atoms with van der Waals surface area (Å²) in [6.07, 6.45) is 1.79. The molecule has 2 aromatic rings. The first-order chi connectivity index (χ1) is 11.9. The van der Waals surface area contributed by atoms with Gasteiger partial charge in [0.15, 0.2) is 5.96 Å². The van der Waals surface area contributed by atoms with Gasteiger partial charge in [-0.05, 0) is 24.6 Å². The minimum Gasteiger partial charge on any atom is -0.497 e. The fourth-order valence-corrected chi connectivity index (χ4v) is 2.18. The van der Waals surface area contributed by atoms with Crippen molar-refractivity contribution in [1.29, 1.82) is 0 Å². The van der Waals surface area contributed by atoms with Crippen LogP contribution in [0.5, 0.6) is 5.75 Å². The zero-order valence-corrected chi connectivity index (χ0v) is 15.7. The molecule has 0 aliphatic heterocycles. The van der Waals surface area contributed by atoms with E-state index >= 15 is 0 Å². The van der Waals surface area contributed by atoms with E-state index in [0.29, 0.717) is 19.0 Å². The van der Waals surface area contributed by atoms with Gasteiger partial charge in [-0.25, -0.2) is 9.98 Å². The van der Waals surface area contributed by atoms with E-state index in [2.05, 4.69) is 41.4 Å². The topological polar surface area (TPSA) is 71.7 Å². The van der Waals surface area contributed by atoms with Gasteiger partial charge in [-0.2, -0.15) is 0 Å². The molecule has 0 fully saturated rings. The summed E-state index contributed by atoms with van der Waals surface area (Å²) in [7, 11) is 1.66. The Morgan fingerprint density at radius 2 is 2.08 bits per heavy atom. The number of nitrogens with one attached hydrogen (secondary N) is 2. The fourth-order valence-electron chi connectivity index (χ4n) is 2.18. The highest BCUT2D eigenvalue weighted by Gasteiger charge is 2.19. The molecule has 2 rings (SSSR count). The van der Waals surface area contributed by atoms with E-state index in [4.69, 9.17) is 9.15 Å². The summed E-state index contributed by atoms with van der Waals surface area (Å²) >= 11 is 0. The maximum atomic E-state index is 5.80. The number of hydrogen-bond donors (Lipinski definition) is 2. The summed E-state index contributed by atoms with van der Waals surface area (Å²) in [5.74, 6) is 3.08. The second kappa shape index (κ2) is 8.55. The van der Waals surface area contributed by atoms with Crippen molar-refractivity contribution in [3.8, 4) is 5.75 Å². The molecule has 0 atom stereocenters. The first-order valence-electron chi connectivity index (χ1n) is 8.52. The largest absolute Gasteiger partial charge is 0.497 e. The Morgan fingerprint density at radius 1 is 1.28 bits per heavy atom. The van der Waals surface area contributed by atoms with Crippen LogP contribution in [0.1, 0.15) is 44.9 Å². The number of oxazole rings is 1. The van der Waals surface area contributed by atoms with Crippen LogP contribution in [0.25, 0.3) is 0 Å².